The number of rotatable bonds is 4. The molecule has 0 radical (unpaired) electrons. The summed E-state index contributed by atoms with van der Waals surface area (Å²) in [5, 5.41) is 3.65. The lowest BCUT2D eigenvalue weighted by Crippen LogP contribution is -2.35. The third kappa shape index (κ3) is 2.83. The van der Waals surface area contributed by atoms with Crippen LogP contribution in [0.3, 0.4) is 0 Å². The standard InChI is InChI=1S/C14H22N2/c1-11-4-2-5-12(8-11)10-16-14-7-3-6-13(14)9-15/h2,4-5,8,13-14,16H,3,6-7,9-10,15H2,1H3. The van der Waals surface area contributed by atoms with Gasteiger partial charge in [0.2, 0.25) is 0 Å². The summed E-state index contributed by atoms with van der Waals surface area (Å²) in [6.07, 6.45) is 3.91. The molecule has 88 valence electrons. The summed E-state index contributed by atoms with van der Waals surface area (Å²) >= 11 is 0. The van der Waals surface area contributed by atoms with Gasteiger partial charge in [-0.2, -0.15) is 0 Å². The molecule has 2 atom stereocenters. The molecular weight excluding hydrogens is 196 g/mol. The Bertz CT molecular complexity index is 335. The van der Waals surface area contributed by atoms with E-state index in [1.807, 2.05) is 0 Å². The van der Waals surface area contributed by atoms with Crippen LogP contribution in [0, 0.1) is 12.8 Å². The van der Waals surface area contributed by atoms with Crippen LogP contribution >= 0.6 is 0 Å². The first-order chi connectivity index (χ1) is 7.79. The van der Waals surface area contributed by atoms with E-state index in [4.69, 9.17) is 5.73 Å². The van der Waals surface area contributed by atoms with Gasteiger partial charge in [0.1, 0.15) is 0 Å². The summed E-state index contributed by atoms with van der Waals surface area (Å²) < 4.78 is 0. The zero-order chi connectivity index (χ0) is 11.4. The third-order valence-corrected chi connectivity index (χ3v) is 3.61. The van der Waals surface area contributed by atoms with Crippen molar-refractivity contribution < 1.29 is 0 Å². The van der Waals surface area contributed by atoms with Crippen molar-refractivity contribution in [2.75, 3.05) is 6.54 Å². The Morgan fingerprint density at radius 1 is 1.38 bits per heavy atom. The molecule has 1 fully saturated rings. The highest BCUT2D eigenvalue weighted by atomic mass is 14.9. The third-order valence-electron chi connectivity index (χ3n) is 3.61. The first-order valence-electron chi connectivity index (χ1n) is 6.28. The number of aryl methyl sites for hydroxylation is 1. The van der Waals surface area contributed by atoms with Gasteiger partial charge in [-0.05, 0) is 37.8 Å². The van der Waals surface area contributed by atoms with E-state index >= 15 is 0 Å². The predicted octanol–water partition coefficient (Wildman–Crippen LogP) is 2.21. The number of nitrogens with one attached hydrogen (secondary N) is 1. The van der Waals surface area contributed by atoms with Crippen LogP contribution < -0.4 is 11.1 Å². The van der Waals surface area contributed by atoms with Crippen molar-refractivity contribution in [1.29, 1.82) is 0 Å². The zero-order valence-corrected chi connectivity index (χ0v) is 10.1. The fourth-order valence-electron chi connectivity index (χ4n) is 2.66. The van der Waals surface area contributed by atoms with Crippen LogP contribution in [0.2, 0.25) is 0 Å². The summed E-state index contributed by atoms with van der Waals surface area (Å²) in [5.41, 5.74) is 8.49. The Hall–Kier alpha value is -0.860. The molecule has 0 spiro atoms. The van der Waals surface area contributed by atoms with Crippen molar-refractivity contribution in [3.63, 3.8) is 0 Å². The van der Waals surface area contributed by atoms with E-state index in [0.717, 1.165) is 13.1 Å². The van der Waals surface area contributed by atoms with E-state index in [2.05, 4.69) is 36.5 Å². The lowest BCUT2D eigenvalue weighted by Gasteiger charge is -2.19. The van der Waals surface area contributed by atoms with Gasteiger partial charge in [0.25, 0.3) is 0 Å². The average Bonchev–Trinajstić information content (AvgIpc) is 2.74. The molecule has 0 bridgehead atoms. The van der Waals surface area contributed by atoms with Crippen LogP contribution in [0.1, 0.15) is 30.4 Å². The summed E-state index contributed by atoms with van der Waals surface area (Å²) in [4.78, 5) is 0. The van der Waals surface area contributed by atoms with Crippen LogP contribution in [-0.2, 0) is 6.54 Å². The Morgan fingerprint density at radius 2 is 2.25 bits per heavy atom. The highest BCUT2D eigenvalue weighted by molar-refractivity contribution is 5.22. The maximum atomic E-state index is 5.78. The number of hydrogen-bond acceptors (Lipinski definition) is 2. The lowest BCUT2D eigenvalue weighted by atomic mass is 10.0. The number of hydrogen-bond donors (Lipinski definition) is 2. The van der Waals surface area contributed by atoms with Gasteiger partial charge >= 0.3 is 0 Å². The summed E-state index contributed by atoms with van der Waals surface area (Å²) in [7, 11) is 0. The monoisotopic (exact) mass is 218 g/mol. The second-order valence-corrected chi connectivity index (χ2v) is 4.90. The van der Waals surface area contributed by atoms with Crippen LogP contribution in [0.5, 0.6) is 0 Å². The molecule has 1 aliphatic rings. The van der Waals surface area contributed by atoms with Crippen molar-refractivity contribution in [2.45, 2.75) is 38.8 Å². The van der Waals surface area contributed by atoms with Crippen molar-refractivity contribution in [3.05, 3.63) is 35.4 Å². The van der Waals surface area contributed by atoms with E-state index in [0.29, 0.717) is 12.0 Å². The average molecular weight is 218 g/mol. The fourth-order valence-corrected chi connectivity index (χ4v) is 2.66. The minimum Gasteiger partial charge on any atom is -0.330 e. The first-order valence-corrected chi connectivity index (χ1v) is 6.28. The number of nitrogens with two attached hydrogens (primary N) is 1. The Balaban J connectivity index is 1.87. The molecule has 1 aliphatic carbocycles. The van der Waals surface area contributed by atoms with E-state index in [1.54, 1.807) is 0 Å². The minimum atomic E-state index is 0.630. The maximum absolute atomic E-state index is 5.78. The SMILES string of the molecule is Cc1cccc(CNC2CCCC2CN)c1. The van der Waals surface area contributed by atoms with Gasteiger partial charge in [-0.1, -0.05) is 36.2 Å². The van der Waals surface area contributed by atoms with Gasteiger partial charge in [0.15, 0.2) is 0 Å². The van der Waals surface area contributed by atoms with E-state index < -0.39 is 0 Å². The molecule has 2 rings (SSSR count). The van der Waals surface area contributed by atoms with E-state index in [1.165, 1.54) is 30.4 Å². The molecule has 2 heteroatoms. The molecule has 16 heavy (non-hydrogen) atoms. The van der Waals surface area contributed by atoms with E-state index in [9.17, 15) is 0 Å². The van der Waals surface area contributed by atoms with Crippen LogP contribution in [0.4, 0.5) is 0 Å². The van der Waals surface area contributed by atoms with Crippen molar-refractivity contribution in [2.24, 2.45) is 11.7 Å². The second kappa shape index (κ2) is 5.46. The van der Waals surface area contributed by atoms with Gasteiger partial charge in [0, 0.05) is 12.6 Å². The molecule has 1 aromatic rings. The maximum Gasteiger partial charge on any atom is 0.0208 e. The Morgan fingerprint density at radius 3 is 3.00 bits per heavy atom. The van der Waals surface area contributed by atoms with Gasteiger partial charge in [-0.25, -0.2) is 0 Å². The highest BCUT2D eigenvalue weighted by Crippen LogP contribution is 2.24. The fraction of sp³-hybridized carbons (Fsp3) is 0.571. The summed E-state index contributed by atoms with van der Waals surface area (Å²) in [6.45, 7) is 3.94. The highest BCUT2D eigenvalue weighted by Gasteiger charge is 2.25. The van der Waals surface area contributed by atoms with Gasteiger partial charge in [0.05, 0.1) is 0 Å². The Labute approximate surface area is 98.2 Å². The van der Waals surface area contributed by atoms with Crippen molar-refractivity contribution in [1.82, 2.24) is 5.32 Å². The molecule has 2 nitrogen and oxygen atoms in total. The molecule has 1 aromatic carbocycles. The molecular formula is C14H22N2. The zero-order valence-electron chi connectivity index (χ0n) is 10.1. The molecule has 0 saturated heterocycles. The van der Waals surface area contributed by atoms with Gasteiger partial charge in [-0.3, -0.25) is 0 Å². The molecule has 1 saturated carbocycles. The second-order valence-electron chi connectivity index (χ2n) is 4.90. The molecule has 3 N–H and O–H groups in total. The first kappa shape index (κ1) is 11.6. The number of benzene rings is 1. The van der Waals surface area contributed by atoms with Crippen LogP contribution in [0.15, 0.2) is 24.3 Å². The van der Waals surface area contributed by atoms with Crippen LogP contribution in [0.25, 0.3) is 0 Å². The topological polar surface area (TPSA) is 38.0 Å². The smallest absolute Gasteiger partial charge is 0.0208 e. The molecule has 0 amide bonds. The quantitative estimate of drug-likeness (QED) is 0.813. The van der Waals surface area contributed by atoms with Crippen molar-refractivity contribution in [3.8, 4) is 0 Å². The normalized spacial score (nSPS) is 24.9. The molecule has 2 unspecified atom stereocenters. The molecule has 0 aromatic heterocycles. The lowest BCUT2D eigenvalue weighted by molar-refractivity contribution is 0.406. The van der Waals surface area contributed by atoms with Gasteiger partial charge in [-0.15, -0.1) is 0 Å². The summed E-state index contributed by atoms with van der Waals surface area (Å²) in [6, 6.07) is 9.33. The summed E-state index contributed by atoms with van der Waals surface area (Å²) in [5.74, 6) is 0.685. The predicted molar refractivity (Wildman–Crippen MR) is 68.2 cm³/mol. The Kier molecular flexibility index (Phi) is 3.97. The van der Waals surface area contributed by atoms with Crippen molar-refractivity contribution >= 4 is 0 Å². The van der Waals surface area contributed by atoms with E-state index in [-0.39, 0.29) is 0 Å². The van der Waals surface area contributed by atoms with Gasteiger partial charge < -0.3 is 11.1 Å². The largest absolute Gasteiger partial charge is 0.330 e. The molecule has 0 heterocycles. The molecule has 0 aliphatic heterocycles. The minimum absolute atomic E-state index is 0.630. The van der Waals surface area contributed by atoms with Crippen LogP contribution in [-0.4, -0.2) is 12.6 Å².